The van der Waals surface area contributed by atoms with Crippen LogP contribution in [0.2, 0.25) is 0 Å². The van der Waals surface area contributed by atoms with Crippen LogP contribution < -0.4 is 10.6 Å². The highest BCUT2D eigenvalue weighted by atomic mass is 16.5. The number of urea groups is 1. The van der Waals surface area contributed by atoms with Crippen molar-refractivity contribution < 1.29 is 9.53 Å². The van der Waals surface area contributed by atoms with E-state index < -0.39 is 0 Å². The standard InChI is InChI=1S/C10H20N2O2/c1-4-5-11-10(13)12-9-6-7(2)14-8(9)3/h7-9H,4-6H2,1-3H3,(H2,11,12,13). The Kier molecular flexibility index (Phi) is 4.20. The normalized spacial score (nSPS) is 31.5. The molecule has 82 valence electrons. The molecule has 0 radical (unpaired) electrons. The zero-order chi connectivity index (χ0) is 10.6. The fourth-order valence-corrected chi connectivity index (χ4v) is 1.70. The topological polar surface area (TPSA) is 50.4 Å². The molecule has 4 heteroatoms. The van der Waals surface area contributed by atoms with E-state index in [1.165, 1.54) is 0 Å². The highest BCUT2D eigenvalue weighted by Gasteiger charge is 2.30. The van der Waals surface area contributed by atoms with Crippen molar-refractivity contribution in [3.8, 4) is 0 Å². The maximum absolute atomic E-state index is 11.3. The molecule has 14 heavy (non-hydrogen) atoms. The molecule has 2 N–H and O–H groups in total. The van der Waals surface area contributed by atoms with Gasteiger partial charge in [0, 0.05) is 6.54 Å². The van der Waals surface area contributed by atoms with E-state index in [0.29, 0.717) is 0 Å². The molecule has 0 aromatic carbocycles. The van der Waals surface area contributed by atoms with Gasteiger partial charge in [0.25, 0.3) is 0 Å². The largest absolute Gasteiger partial charge is 0.373 e. The first-order chi connectivity index (χ1) is 6.63. The van der Waals surface area contributed by atoms with Crippen LogP contribution in [0.3, 0.4) is 0 Å². The quantitative estimate of drug-likeness (QED) is 0.720. The van der Waals surface area contributed by atoms with Crippen LogP contribution in [0.25, 0.3) is 0 Å². The van der Waals surface area contributed by atoms with Crippen molar-refractivity contribution in [2.75, 3.05) is 6.54 Å². The molecule has 0 aromatic rings. The minimum atomic E-state index is -0.0820. The summed E-state index contributed by atoms with van der Waals surface area (Å²) in [6.45, 7) is 6.78. The maximum atomic E-state index is 11.3. The number of ether oxygens (including phenoxy) is 1. The molecule has 0 saturated carbocycles. The van der Waals surface area contributed by atoms with Crippen LogP contribution in [0.5, 0.6) is 0 Å². The van der Waals surface area contributed by atoms with Crippen molar-refractivity contribution in [2.45, 2.75) is 51.9 Å². The number of hydrogen-bond donors (Lipinski definition) is 2. The summed E-state index contributed by atoms with van der Waals surface area (Å²) in [4.78, 5) is 11.3. The van der Waals surface area contributed by atoms with Gasteiger partial charge in [-0.2, -0.15) is 0 Å². The average Bonchev–Trinajstić information content (AvgIpc) is 2.42. The third-order valence-corrected chi connectivity index (χ3v) is 2.45. The summed E-state index contributed by atoms with van der Waals surface area (Å²) in [5.74, 6) is 0. The van der Waals surface area contributed by atoms with Crippen LogP contribution in [0.4, 0.5) is 4.79 Å². The van der Waals surface area contributed by atoms with E-state index >= 15 is 0 Å². The van der Waals surface area contributed by atoms with Crippen molar-refractivity contribution in [1.82, 2.24) is 10.6 Å². The van der Waals surface area contributed by atoms with Crippen molar-refractivity contribution in [1.29, 1.82) is 0 Å². The number of hydrogen-bond acceptors (Lipinski definition) is 2. The summed E-state index contributed by atoms with van der Waals surface area (Å²) in [6, 6.07) is 0.0725. The monoisotopic (exact) mass is 200 g/mol. The fourth-order valence-electron chi connectivity index (χ4n) is 1.70. The zero-order valence-corrected chi connectivity index (χ0v) is 9.17. The van der Waals surface area contributed by atoms with Crippen molar-refractivity contribution in [3.05, 3.63) is 0 Å². The number of amides is 2. The third kappa shape index (κ3) is 3.18. The molecule has 1 saturated heterocycles. The molecule has 0 aliphatic carbocycles. The number of rotatable bonds is 3. The summed E-state index contributed by atoms with van der Waals surface area (Å²) in [7, 11) is 0. The molecule has 4 nitrogen and oxygen atoms in total. The summed E-state index contributed by atoms with van der Waals surface area (Å²) < 4.78 is 5.54. The van der Waals surface area contributed by atoms with Gasteiger partial charge in [-0.15, -0.1) is 0 Å². The third-order valence-electron chi connectivity index (χ3n) is 2.45. The molecule has 0 aromatic heterocycles. The van der Waals surface area contributed by atoms with Gasteiger partial charge in [0.1, 0.15) is 0 Å². The summed E-state index contributed by atoms with van der Waals surface area (Å²) in [6.07, 6.45) is 2.24. The first-order valence-electron chi connectivity index (χ1n) is 5.33. The molecule has 1 aliphatic rings. The van der Waals surface area contributed by atoms with Crippen LogP contribution in [-0.4, -0.2) is 30.8 Å². The van der Waals surface area contributed by atoms with Gasteiger partial charge in [0.2, 0.25) is 0 Å². The average molecular weight is 200 g/mol. The van der Waals surface area contributed by atoms with E-state index in [9.17, 15) is 4.79 Å². The van der Waals surface area contributed by atoms with E-state index in [0.717, 1.165) is 19.4 Å². The lowest BCUT2D eigenvalue weighted by Gasteiger charge is -2.16. The lowest BCUT2D eigenvalue weighted by molar-refractivity contribution is 0.0613. The smallest absolute Gasteiger partial charge is 0.315 e. The molecule has 3 unspecified atom stereocenters. The van der Waals surface area contributed by atoms with Crippen molar-refractivity contribution in [3.63, 3.8) is 0 Å². The number of carbonyl (C=O) groups excluding carboxylic acids is 1. The Labute approximate surface area is 85.4 Å². The molecule has 3 atom stereocenters. The van der Waals surface area contributed by atoms with Crippen LogP contribution >= 0.6 is 0 Å². The SMILES string of the molecule is CCCNC(=O)NC1CC(C)OC1C. The Morgan fingerprint density at radius 1 is 1.50 bits per heavy atom. The van der Waals surface area contributed by atoms with Gasteiger partial charge in [-0.3, -0.25) is 0 Å². The van der Waals surface area contributed by atoms with Gasteiger partial charge in [-0.25, -0.2) is 4.79 Å². The molecule has 1 heterocycles. The van der Waals surface area contributed by atoms with Crippen LogP contribution in [-0.2, 0) is 4.74 Å². The fraction of sp³-hybridized carbons (Fsp3) is 0.900. The van der Waals surface area contributed by atoms with Gasteiger partial charge < -0.3 is 15.4 Å². The first-order valence-corrected chi connectivity index (χ1v) is 5.33. The van der Waals surface area contributed by atoms with E-state index in [1.54, 1.807) is 0 Å². The lowest BCUT2D eigenvalue weighted by atomic mass is 10.1. The van der Waals surface area contributed by atoms with Gasteiger partial charge >= 0.3 is 6.03 Å². The molecular weight excluding hydrogens is 180 g/mol. The molecular formula is C10H20N2O2. The highest BCUT2D eigenvalue weighted by molar-refractivity contribution is 5.74. The van der Waals surface area contributed by atoms with Gasteiger partial charge in [-0.1, -0.05) is 6.92 Å². The van der Waals surface area contributed by atoms with Crippen LogP contribution in [0.15, 0.2) is 0 Å². The number of carbonyl (C=O) groups is 1. The first kappa shape index (κ1) is 11.3. The summed E-state index contributed by atoms with van der Waals surface area (Å²) in [5.41, 5.74) is 0. The van der Waals surface area contributed by atoms with Crippen LogP contribution in [0, 0.1) is 0 Å². The Balaban J connectivity index is 2.26. The van der Waals surface area contributed by atoms with Crippen molar-refractivity contribution in [2.24, 2.45) is 0 Å². The van der Waals surface area contributed by atoms with Crippen LogP contribution in [0.1, 0.15) is 33.6 Å². The van der Waals surface area contributed by atoms with Gasteiger partial charge in [0.05, 0.1) is 18.2 Å². The van der Waals surface area contributed by atoms with Crippen molar-refractivity contribution >= 4 is 6.03 Å². The second-order valence-electron chi connectivity index (χ2n) is 3.89. The van der Waals surface area contributed by atoms with E-state index in [1.807, 2.05) is 20.8 Å². The maximum Gasteiger partial charge on any atom is 0.315 e. The predicted molar refractivity (Wildman–Crippen MR) is 55.2 cm³/mol. The molecule has 0 spiro atoms. The Hall–Kier alpha value is -0.770. The molecule has 1 rings (SSSR count). The Bertz CT molecular complexity index is 197. The molecule has 0 bridgehead atoms. The Morgan fingerprint density at radius 3 is 2.71 bits per heavy atom. The van der Waals surface area contributed by atoms with Gasteiger partial charge in [-0.05, 0) is 26.7 Å². The second kappa shape index (κ2) is 5.20. The van der Waals surface area contributed by atoms with Gasteiger partial charge in [0.15, 0.2) is 0 Å². The molecule has 2 amide bonds. The van der Waals surface area contributed by atoms with E-state index in [-0.39, 0.29) is 24.3 Å². The summed E-state index contributed by atoms with van der Waals surface area (Å²) in [5, 5.41) is 5.71. The predicted octanol–water partition coefficient (Wildman–Crippen LogP) is 1.26. The summed E-state index contributed by atoms with van der Waals surface area (Å²) >= 11 is 0. The number of nitrogens with one attached hydrogen (secondary N) is 2. The minimum Gasteiger partial charge on any atom is -0.373 e. The lowest BCUT2D eigenvalue weighted by Crippen LogP contribution is -2.45. The minimum absolute atomic E-state index is 0.0820. The second-order valence-corrected chi connectivity index (χ2v) is 3.89. The molecule has 1 fully saturated rings. The van der Waals surface area contributed by atoms with E-state index in [2.05, 4.69) is 10.6 Å². The zero-order valence-electron chi connectivity index (χ0n) is 9.17. The highest BCUT2D eigenvalue weighted by Crippen LogP contribution is 2.19. The molecule has 1 aliphatic heterocycles. The Morgan fingerprint density at radius 2 is 2.21 bits per heavy atom. The van der Waals surface area contributed by atoms with E-state index in [4.69, 9.17) is 4.74 Å².